The number of hydrogen-bond acceptors (Lipinski definition) is 4. The average Bonchev–Trinajstić information content (AvgIpc) is 2.81. The summed E-state index contributed by atoms with van der Waals surface area (Å²) >= 11 is 0. The summed E-state index contributed by atoms with van der Waals surface area (Å²) in [5, 5.41) is 7.81. The Bertz CT molecular complexity index is 1270. The number of fused-ring (bicyclic) bond motifs is 1. The number of hydrogen-bond donors (Lipinski definition) is 2. The zero-order chi connectivity index (χ0) is 26.1. The van der Waals surface area contributed by atoms with Crippen molar-refractivity contribution in [2.24, 2.45) is 0 Å². The van der Waals surface area contributed by atoms with E-state index in [1.165, 1.54) is 17.7 Å². The quantitative estimate of drug-likeness (QED) is 0.260. The highest BCUT2D eigenvalue weighted by Crippen LogP contribution is 2.32. The Morgan fingerprint density at radius 1 is 0.861 bits per heavy atom. The van der Waals surface area contributed by atoms with Crippen molar-refractivity contribution in [2.75, 3.05) is 18.5 Å². The van der Waals surface area contributed by atoms with Gasteiger partial charge in [0.1, 0.15) is 11.6 Å². The molecule has 4 nitrogen and oxygen atoms in total. The van der Waals surface area contributed by atoms with E-state index in [1.807, 2.05) is 62.4 Å². The lowest BCUT2D eigenvalue weighted by Crippen LogP contribution is -2.36. The molecule has 1 heterocycles. The van der Waals surface area contributed by atoms with Gasteiger partial charge in [0.25, 0.3) is 0 Å². The summed E-state index contributed by atoms with van der Waals surface area (Å²) in [6.45, 7) is 13.8. The summed E-state index contributed by atoms with van der Waals surface area (Å²) < 4.78 is 20.2. The molecule has 2 N–H and O–H groups in total. The Labute approximate surface area is 214 Å². The zero-order valence-corrected chi connectivity index (χ0v) is 22.3. The van der Waals surface area contributed by atoms with E-state index in [1.54, 1.807) is 0 Å². The number of aryl methyl sites for hydroxylation is 2. The predicted molar refractivity (Wildman–Crippen MR) is 150 cm³/mol. The Balaban J connectivity index is 0.000000444. The van der Waals surface area contributed by atoms with Crippen molar-refractivity contribution >= 4 is 22.3 Å². The number of pyridine rings is 1. The van der Waals surface area contributed by atoms with E-state index in [2.05, 4.69) is 55.4 Å². The van der Waals surface area contributed by atoms with Gasteiger partial charge in [0.15, 0.2) is 0 Å². The van der Waals surface area contributed by atoms with Crippen LogP contribution in [0, 0.1) is 26.6 Å². The molecule has 0 saturated carbocycles. The smallest absolute Gasteiger partial charge is 0.128 e. The number of benzene rings is 3. The van der Waals surface area contributed by atoms with Crippen LogP contribution in [0.5, 0.6) is 5.75 Å². The topological polar surface area (TPSA) is 46.2 Å². The first kappa shape index (κ1) is 27.2. The number of rotatable bonds is 7. The fourth-order valence-electron chi connectivity index (χ4n) is 3.74. The predicted octanol–water partition coefficient (Wildman–Crippen LogP) is 7.89. The number of nitrogens with one attached hydrogen (secondary N) is 2. The van der Waals surface area contributed by atoms with Crippen LogP contribution in [0.25, 0.3) is 10.9 Å². The normalized spacial score (nSPS) is 11.1. The van der Waals surface area contributed by atoms with E-state index in [0.717, 1.165) is 40.8 Å². The lowest BCUT2D eigenvalue weighted by molar-refractivity contribution is 0.295. The van der Waals surface area contributed by atoms with Crippen LogP contribution >= 0.6 is 0 Å². The maximum absolute atomic E-state index is 14.3. The summed E-state index contributed by atoms with van der Waals surface area (Å²) in [6.07, 6.45) is 0.851. The van der Waals surface area contributed by atoms with Crippen molar-refractivity contribution < 1.29 is 9.13 Å². The molecule has 0 atom stereocenters. The molecule has 36 heavy (non-hydrogen) atoms. The van der Waals surface area contributed by atoms with Crippen molar-refractivity contribution in [3.63, 3.8) is 0 Å². The summed E-state index contributed by atoms with van der Waals surface area (Å²) in [4.78, 5) is 4.57. The molecule has 190 valence electrons. The highest BCUT2D eigenvalue weighted by Gasteiger charge is 2.12. The second kappa shape index (κ2) is 12.5. The largest absolute Gasteiger partial charge is 0.493 e. The van der Waals surface area contributed by atoms with Crippen molar-refractivity contribution in [1.29, 1.82) is 0 Å². The lowest BCUT2D eigenvalue weighted by Gasteiger charge is -2.20. The number of halogens is 1. The summed E-state index contributed by atoms with van der Waals surface area (Å²) in [7, 11) is 0. The third-order valence-corrected chi connectivity index (χ3v) is 5.61. The highest BCUT2D eigenvalue weighted by atomic mass is 19.1. The fourth-order valence-corrected chi connectivity index (χ4v) is 3.74. The average molecular weight is 488 g/mol. The third kappa shape index (κ3) is 8.35. The third-order valence-electron chi connectivity index (χ3n) is 5.61. The van der Waals surface area contributed by atoms with Gasteiger partial charge in [0.05, 0.1) is 12.1 Å². The highest BCUT2D eigenvalue weighted by molar-refractivity contribution is 5.93. The number of nitrogens with zero attached hydrogens (tertiary/aromatic N) is 1. The maximum Gasteiger partial charge on any atom is 0.128 e. The molecule has 0 aliphatic rings. The van der Waals surface area contributed by atoms with Crippen molar-refractivity contribution in [3.8, 4) is 5.75 Å². The summed E-state index contributed by atoms with van der Waals surface area (Å²) in [6, 6.07) is 23.1. The van der Waals surface area contributed by atoms with E-state index in [0.29, 0.717) is 18.0 Å². The number of aromatic nitrogens is 1. The Morgan fingerprint density at radius 2 is 1.56 bits per heavy atom. The van der Waals surface area contributed by atoms with Crippen LogP contribution in [-0.2, 0) is 0 Å². The van der Waals surface area contributed by atoms with Crippen molar-refractivity contribution in [1.82, 2.24) is 10.3 Å². The molecule has 0 radical (unpaired) electrons. The van der Waals surface area contributed by atoms with Crippen LogP contribution in [0.4, 0.5) is 15.8 Å². The Kier molecular flexibility index (Phi) is 9.43. The maximum atomic E-state index is 14.3. The molecule has 0 saturated heterocycles. The molecule has 4 rings (SSSR count). The number of para-hydroxylation sites is 1. The van der Waals surface area contributed by atoms with E-state index < -0.39 is 0 Å². The Morgan fingerprint density at radius 3 is 2.22 bits per heavy atom. The molecule has 5 heteroatoms. The molecule has 0 bridgehead atoms. The van der Waals surface area contributed by atoms with Gasteiger partial charge in [-0.2, -0.15) is 0 Å². The van der Waals surface area contributed by atoms with Gasteiger partial charge in [-0.25, -0.2) is 4.39 Å². The van der Waals surface area contributed by atoms with Gasteiger partial charge < -0.3 is 15.4 Å². The molecule has 0 fully saturated rings. The van der Waals surface area contributed by atoms with Crippen LogP contribution in [0.2, 0.25) is 0 Å². The number of ether oxygens (including phenoxy) is 1. The standard InChI is InChI=1S/C24H30FN3O.C7H8/c1-16-13-22(19-9-6-7-10-20(19)27-16)28-21-14-18(25)15-23(17(21)2)29-12-8-11-26-24(3,4)5;1-7-5-3-2-4-6-7/h6-7,9-10,13-15,26H,8,11-12H2,1-5H3,(H,27,28);2-6H,1H3. The zero-order valence-electron chi connectivity index (χ0n) is 22.3. The first-order valence-electron chi connectivity index (χ1n) is 12.5. The van der Waals surface area contributed by atoms with Crippen LogP contribution in [0.1, 0.15) is 44.0 Å². The second-order valence-electron chi connectivity index (χ2n) is 10.1. The second-order valence-corrected chi connectivity index (χ2v) is 10.1. The molecule has 0 aliphatic heterocycles. The summed E-state index contributed by atoms with van der Waals surface area (Å²) in [5.74, 6) is 0.245. The molecule has 3 aromatic carbocycles. The van der Waals surface area contributed by atoms with Gasteiger partial charge in [-0.15, -0.1) is 0 Å². The molecule has 0 spiro atoms. The fraction of sp³-hybridized carbons (Fsp3) is 0.323. The van der Waals surface area contributed by atoms with Crippen molar-refractivity contribution in [3.05, 3.63) is 95.4 Å². The van der Waals surface area contributed by atoms with Crippen molar-refractivity contribution in [2.45, 2.75) is 53.5 Å². The monoisotopic (exact) mass is 487 g/mol. The molecule has 0 unspecified atom stereocenters. The summed E-state index contributed by atoms with van der Waals surface area (Å²) in [5.41, 5.74) is 5.70. The van der Waals surface area contributed by atoms with E-state index in [-0.39, 0.29) is 11.4 Å². The van der Waals surface area contributed by atoms with Gasteiger partial charge in [0.2, 0.25) is 0 Å². The van der Waals surface area contributed by atoms with Gasteiger partial charge in [-0.05, 0) is 72.7 Å². The molecule has 0 amide bonds. The van der Waals surface area contributed by atoms with E-state index in [9.17, 15) is 4.39 Å². The minimum absolute atomic E-state index is 0.0807. The molecular formula is C31H38FN3O. The first-order chi connectivity index (χ1) is 17.1. The molecule has 1 aromatic heterocycles. The van der Waals surface area contributed by atoms with Gasteiger partial charge in [-0.3, -0.25) is 4.98 Å². The molecule has 4 aromatic rings. The minimum Gasteiger partial charge on any atom is -0.493 e. The van der Waals surface area contributed by atoms with E-state index in [4.69, 9.17) is 4.74 Å². The van der Waals surface area contributed by atoms with Gasteiger partial charge in [0, 0.05) is 39.6 Å². The van der Waals surface area contributed by atoms with Crippen LogP contribution in [-0.4, -0.2) is 23.7 Å². The van der Waals surface area contributed by atoms with E-state index >= 15 is 0 Å². The van der Waals surface area contributed by atoms with Gasteiger partial charge in [-0.1, -0.05) is 54.1 Å². The SMILES string of the molecule is Cc1cc(Nc2cc(F)cc(OCCCNC(C)(C)C)c2C)c2ccccc2n1.Cc1ccccc1. The first-order valence-corrected chi connectivity index (χ1v) is 12.5. The van der Waals surface area contributed by atoms with Crippen LogP contribution in [0.3, 0.4) is 0 Å². The number of anilines is 2. The molecule has 0 aliphatic carbocycles. The Hall–Kier alpha value is -3.44. The van der Waals surface area contributed by atoms with Crippen LogP contribution in [0.15, 0.2) is 72.8 Å². The minimum atomic E-state index is -0.323. The molecular weight excluding hydrogens is 449 g/mol. The van der Waals surface area contributed by atoms with Gasteiger partial charge >= 0.3 is 0 Å². The lowest BCUT2D eigenvalue weighted by atomic mass is 10.1. The van der Waals surface area contributed by atoms with Crippen LogP contribution < -0.4 is 15.4 Å².